The summed E-state index contributed by atoms with van der Waals surface area (Å²) in [4.78, 5) is 44.8. The number of cyclic esters (lactones) is 1. The molecule has 3 amide bonds. The maximum absolute atomic E-state index is 15.4. The third-order valence-corrected chi connectivity index (χ3v) is 8.67. The number of fused-ring (bicyclic) bond motifs is 4. The lowest BCUT2D eigenvalue weighted by Gasteiger charge is -2.38. The van der Waals surface area contributed by atoms with Crippen LogP contribution in [0.25, 0.3) is 11.3 Å². The third-order valence-electron chi connectivity index (χ3n) is 8.38. The first-order chi connectivity index (χ1) is 21.2. The normalized spacial score (nSPS) is 22.9. The second-order valence-corrected chi connectivity index (χ2v) is 11.7. The summed E-state index contributed by atoms with van der Waals surface area (Å²) in [5, 5.41) is 5.63. The van der Waals surface area contributed by atoms with Crippen LogP contribution in [0.2, 0.25) is 0 Å². The van der Waals surface area contributed by atoms with Crippen molar-refractivity contribution >= 4 is 41.1 Å². The number of nitrogens with one attached hydrogen (secondary N) is 2. The largest absolute Gasteiger partial charge is 0.453 e. The van der Waals surface area contributed by atoms with E-state index in [-0.39, 0.29) is 22.9 Å². The van der Waals surface area contributed by atoms with Gasteiger partial charge in [-0.15, -0.1) is 0 Å². The average molecular weight is 623 g/mol. The maximum Gasteiger partial charge on any atom is 0.411 e. The minimum absolute atomic E-state index is 0.00722. The summed E-state index contributed by atoms with van der Waals surface area (Å²) in [5.41, 5.74) is 4.23. The highest BCUT2D eigenvalue weighted by Crippen LogP contribution is 2.39. The molecule has 1 aromatic carbocycles. The van der Waals surface area contributed by atoms with Crippen molar-refractivity contribution in [3.8, 4) is 11.3 Å². The quantitative estimate of drug-likeness (QED) is 0.359. The van der Waals surface area contributed by atoms with Gasteiger partial charge in [0.2, 0.25) is 5.91 Å². The first kappa shape index (κ1) is 31.3. The summed E-state index contributed by atoms with van der Waals surface area (Å²) in [6.45, 7) is 4.07. The number of benzene rings is 1. The van der Waals surface area contributed by atoms with Crippen LogP contribution in [0.15, 0.2) is 70.7 Å². The molecule has 3 aliphatic rings. The molecule has 5 rings (SSSR count). The van der Waals surface area contributed by atoms with E-state index in [0.717, 1.165) is 17.6 Å². The van der Waals surface area contributed by atoms with E-state index in [2.05, 4.69) is 15.6 Å². The highest BCUT2D eigenvalue weighted by Gasteiger charge is 2.37. The van der Waals surface area contributed by atoms with Crippen LogP contribution in [0.3, 0.4) is 0 Å². The number of carbonyl (C=O) groups is 3. The Morgan fingerprint density at radius 2 is 2.02 bits per heavy atom. The second kappa shape index (κ2) is 13.6. The van der Waals surface area contributed by atoms with Crippen LogP contribution >= 0.6 is 11.6 Å². The maximum atomic E-state index is 15.4. The number of methoxy groups -OCH3 is 1. The molecular formula is C33H36ClFN4O5. The van der Waals surface area contributed by atoms with Crippen molar-refractivity contribution in [2.75, 3.05) is 24.3 Å². The van der Waals surface area contributed by atoms with Crippen LogP contribution < -0.4 is 10.6 Å². The number of anilines is 2. The summed E-state index contributed by atoms with van der Waals surface area (Å²) in [7, 11) is 1.27. The summed E-state index contributed by atoms with van der Waals surface area (Å²) in [6, 6.07) is 8.58. The van der Waals surface area contributed by atoms with Gasteiger partial charge in [0.05, 0.1) is 29.6 Å². The molecule has 0 spiro atoms. The molecule has 232 valence electrons. The fourth-order valence-corrected chi connectivity index (χ4v) is 6.13. The van der Waals surface area contributed by atoms with Crippen molar-refractivity contribution < 1.29 is 28.2 Å². The van der Waals surface area contributed by atoms with Gasteiger partial charge in [0.15, 0.2) is 0 Å². The van der Waals surface area contributed by atoms with E-state index in [4.69, 9.17) is 21.1 Å². The number of pyridine rings is 1. The Morgan fingerprint density at radius 3 is 2.80 bits per heavy atom. The Kier molecular flexibility index (Phi) is 9.68. The number of rotatable bonds is 3. The number of amides is 3. The molecule has 0 saturated carbocycles. The molecule has 3 heterocycles. The molecule has 2 aromatic rings. The Hall–Kier alpha value is -4.18. The molecule has 1 aromatic heterocycles. The summed E-state index contributed by atoms with van der Waals surface area (Å²) >= 11 is 6.20. The van der Waals surface area contributed by atoms with Crippen LogP contribution in [0.4, 0.5) is 25.4 Å². The number of nitrogens with zero attached hydrogens (tertiary/aromatic N) is 2. The Balaban J connectivity index is 1.47. The zero-order valence-corrected chi connectivity index (χ0v) is 25.7. The molecule has 3 atom stereocenters. The first-order valence-electron chi connectivity index (χ1n) is 14.8. The van der Waals surface area contributed by atoms with Crippen LogP contribution in [0.5, 0.6) is 0 Å². The van der Waals surface area contributed by atoms with Crippen molar-refractivity contribution in [1.82, 2.24) is 9.88 Å². The van der Waals surface area contributed by atoms with Crippen molar-refractivity contribution in [2.45, 2.75) is 64.5 Å². The van der Waals surface area contributed by atoms with Gasteiger partial charge in [-0.25, -0.2) is 14.0 Å². The predicted octanol–water partition coefficient (Wildman–Crippen LogP) is 8.02. The molecule has 2 aliphatic heterocycles. The third kappa shape index (κ3) is 6.80. The minimum atomic E-state index is -0.735. The molecular weight excluding hydrogens is 587 g/mol. The van der Waals surface area contributed by atoms with Gasteiger partial charge >= 0.3 is 12.2 Å². The molecule has 3 unspecified atom stereocenters. The molecule has 0 radical (unpaired) electrons. The van der Waals surface area contributed by atoms with Crippen LogP contribution in [0, 0.1) is 5.92 Å². The number of hydrogen-bond donors (Lipinski definition) is 2. The highest BCUT2D eigenvalue weighted by atomic mass is 35.5. The van der Waals surface area contributed by atoms with Crippen molar-refractivity contribution in [1.29, 1.82) is 0 Å². The van der Waals surface area contributed by atoms with Gasteiger partial charge < -0.3 is 19.7 Å². The van der Waals surface area contributed by atoms with E-state index in [9.17, 15) is 14.4 Å². The number of ether oxygens (including phenoxy) is 2. The summed E-state index contributed by atoms with van der Waals surface area (Å²) in [5.74, 6) is -1.03. The van der Waals surface area contributed by atoms with Gasteiger partial charge in [0.1, 0.15) is 11.9 Å². The molecule has 2 bridgehead atoms. The van der Waals surface area contributed by atoms with Gasteiger partial charge in [0, 0.05) is 41.9 Å². The van der Waals surface area contributed by atoms with Gasteiger partial charge in [-0.3, -0.25) is 15.1 Å². The Bertz CT molecular complexity index is 1550. The monoisotopic (exact) mass is 622 g/mol. The van der Waals surface area contributed by atoms with Gasteiger partial charge in [-0.1, -0.05) is 36.6 Å². The molecule has 9 nitrogen and oxygen atoms in total. The van der Waals surface area contributed by atoms with Crippen molar-refractivity contribution in [2.24, 2.45) is 5.92 Å². The van der Waals surface area contributed by atoms with E-state index >= 15 is 4.39 Å². The number of halogens is 2. The zero-order chi connectivity index (χ0) is 31.4. The van der Waals surface area contributed by atoms with Gasteiger partial charge in [-0.2, -0.15) is 0 Å². The highest BCUT2D eigenvalue weighted by molar-refractivity contribution is 6.31. The van der Waals surface area contributed by atoms with E-state index in [1.54, 1.807) is 35.4 Å². The fraction of sp³-hybridized carbons (Fsp3) is 0.394. The van der Waals surface area contributed by atoms with Crippen LogP contribution in [-0.2, 0) is 14.3 Å². The lowest BCUT2D eigenvalue weighted by atomic mass is 9.92. The minimum Gasteiger partial charge on any atom is -0.453 e. The van der Waals surface area contributed by atoms with Crippen LogP contribution in [0.1, 0.15) is 64.0 Å². The van der Waals surface area contributed by atoms with E-state index in [1.807, 2.05) is 32.1 Å². The average Bonchev–Trinajstić information content (AvgIpc) is 3.01. The number of carbonyl (C=O) groups excluding carboxylic acids is 3. The molecule has 11 heteroatoms. The standard InChI is InChI=1S/C33H36ClFN4O5/c1-19-7-4-5-9-24(34)30(35)29(19)28-14-16-39(33(42)44-28)27-10-6-8-20(2)31(40)38-26-18-22(37-32(41)43-3)11-12-23(26)25-17-21(27)13-15-36-25/h5,9,11-13,15,17-18,20,27-28H,4,6-8,10,14,16H2,1-3H3,(H,37,41)(H,38,40). The Labute approximate surface area is 261 Å². The zero-order valence-electron chi connectivity index (χ0n) is 25.0. The molecule has 2 N–H and O–H groups in total. The van der Waals surface area contributed by atoms with Crippen LogP contribution in [-0.4, -0.2) is 47.7 Å². The summed E-state index contributed by atoms with van der Waals surface area (Å²) < 4.78 is 26.0. The topological polar surface area (TPSA) is 110 Å². The number of hydrogen-bond acceptors (Lipinski definition) is 6. The number of aromatic nitrogens is 1. The number of allylic oxidation sites excluding steroid dienone is 4. The smallest absolute Gasteiger partial charge is 0.411 e. The molecule has 1 aliphatic carbocycles. The van der Waals surface area contributed by atoms with Gasteiger partial charge in [0.25, 0.3) is 0 Å². The summed E-state index contributed by atoms with van der Waals surface area (Å²) in [6.07, 6.45) is 6.83. The lowest BCUT2D eigenvalue weighted by Crippen LogP contribution is -2.45. The van der Waals surface area contributed by atoms with Crippen molar-refractivity contribution in [3.05, 3.63) is 76.2 Å². The molecule has 1 fully saturated rings. The molecule has 1 saturated heterocycles. The van der Waals surface area contributed by atoms with E-state index in [0.29, 0.717) is 66.9 Å². The molecule has 44 heavy (non-hydrogen) atoms. The fourth-order valence-electron chi connectivity index (χ4n) is 5.93. The second-order valence-electron chi connectivity index (χ2n) is 11.3. The first-order valence-corrected chi connectivity index (χ1v) is 15.2. The van der Waals surface area contributed by atoms with E-state index in [1.165, 1.54) is 7.11 Å². The SMILES string of the molecule is COC(=O)Nc1ccc2c(c1)NC(=O)C(C)CCCC(N1CCC(C3=C(C)CCC=CC(Cl)=C3F)OC1=O)c1ccnc-2c1. The van der Waals surface area contributed by atoms with Gasteiger partial charge in [-0.05, 0) is 74.6 Å². The van der Waals surface area contributed by atoms with Crippen molar-refractivity contribution in [3.63, 3.8) is 0 Å². The van der Waals surface area contributed by atoms with E-state index < -0.39 is 24.1 Å². The lowest BCUT2D eigenvalue weighted by molar-refractivity contribution is -0.119. The predicted molar refractivity (Wildman–Crippen MR) is 167 cm³/mol. The Morgan fingerprint density at radius 1 is 1.20 bits per heavy atom.